The van der Waals surface area contributed by atoms with Gasteiger partial charge in [0.2, 0.25) is 5.91 Å². The van der Waals surface area contributed by atoms with E-state index in [0.717, 1.165) is 29.7 Å². The highest BCUT2D eigenvalue weighted by Crippen LogP contribution is 2.39. The van der Waals surface area contributed by atoms with E-state index in [1.54, 1.807) is 0 Å². The van der Waals surface area contributed by atoms with Gasteiger partial charge < -0.3 is 15.2 Å². The predicted molar refractivity (Wildman–Crippen MR) is 73.1 cm³/mol. The van der Waals surface area contributed by atoms with E-state index in [1.807, 2.05) is 0 Å². The van der Waals surface area contributed by atoms with Gasteiger partial charge in [-0.2, -0.15) is 5.26 Å². The number of nitrogens with zero attached hydrogens (tertiary/aromatic N) is 1. The summed E-state index contributed by atoms with van der Waals surface area (Å²) >= 11 is 1.43. The fourth-order valence-electron chi connectivity index (χ4n) is 2.37. The summed E-state index contributed by atoms with van der Waals surface area (Å²) < 4.78 is 0. The monoisotopic (exact) mass is 291 g/mol. The van der Waals surface area contributed by atoms with Crippen molar-refractivity contribution in [3.05, 3.63) is 16.0 Å². The number of thiophene rings is 1. The van der Waals surface area contributed by atoms with E-state index in [9.17, 15) is 20.0 Å². The third-order valence-corrected chi connectivity index (χ3v) is 4.64. The lowest BCUT2D eigenvalue weighted by Crippen LogP contribution is -2.24. The van der Waals surface area contributed by atoms with Crippen LogP contribution in [0.3, 0.4) is 0 Å². The minimum absolute atomic E-state index is 0.133. The summed E-state index contributed by atoms with van der Waals surface area (Å²) in [5.41, 5.74) is 1.59. The maximum atomic E-state index is 11.7. The van der Waals surface area contributed by atoms with Crippen molar-refractivity contribution in [2.24, 2.45) is 5.92 Å². The number of anilines is 1. The van der Waals surface area contributed by atoms with Gasteiger partial charge in [-0.15, -0.1) is 11.3 Å². The molecule has 5 nitrogen and oxygen atoms in total. The molecule has 0 saturated carbocycles. The van der Waals surface area contributed by atoms with Crippen LogP contribution in [0.5, 0.6) is 0 Å². The summed E-state index contributed by atoms with van der Waals surface area (Å²) in [6.07, 6.45) is 2.45. The molecule has 0 aromatic carbocycles. The molecule has 1 unspecified atom stereocenters. The number of carboxylic acids is 1. The van der Waals surface area contributed by atoms with Crippen molar-refractivity contribution in [1.82, 2.24) is 0 Å². The highest BCUT2D eigenvalue weighted by Gasteiger charge is 2.24. The maximum absolute atomic E-state index is 11.7. The van der Waals surface area contributed by atoms with Crippen LogP contribution in [0.15, 0.2) is 0 Å². The number of aliphatic carboxylic acids is 1. The van der Waals surface area contributed by atoms with Crippen molar-refractivity contribution in [3.8, 4) is 6.07 Å². The normalized spacial score (nSPS) is 17.1. The molecule has 1 aromatic rings. The van der Waals surface area contributed by atoms with Gasteiger partial charge in [-0.05, 0) is 37.2 Å². The number of carbonyl (C=O) groups is 2. The molecule has 1 heterocycles. The molecule has 20 heavy (non-hydrogen) atoms. The average molecular weight is 291 g/mol. The molecule has 2 rings (SSSR count). The Morgan fingerprint density at radius 2 is 2.25 bits per heavy atom. The number of nitrogens with one attached hydrogen (secondary N) is 1. The molecule has 106 valence electrons. The minimum Gasteiger partial charge on any atom is -0.550 e. The first-order valence-electron chi connectivity index (χ1n) is 6.55. The zero-order valence-corrected chi connectivity index (χ0v) is 12.0. The number of amides is 1. The quantitative estimate of drug-likeness (QED) is 0.902. The number of rotatable bonds is 4. The second-order valence-corrected chi connectivity index (χ2v) is 6.19. The molecule has 0 radical (unpaired) electrons. The Bertz CT molecular complexity index is 586. The first-order valence-corrected chi connectivity index (χ1v) is 7.37. The lowest BCUT2D eigenvalue weighted by Gasteiger charge is -2.17. The van der Waals surface area contributed by atoms with Gasteiger partial charge >= 0.3 is 0 Å². The lowest BCUT2D eigenvalue weighted by atomic mass is 9.88. The molecule has 0 saturated heterocycles. The molecular formula is C14H15N2O3S-. The Morgan fingerprint density at radius 3 is 2.90 bits per heavy atom. The number of fused-ring (bicyclic) bond motifs is 1. The molecule has 1 aromatic heterocycles. The second-order valence-electron chi connectivity index (χ2n) is 5.09. The van der Waals surface area contributed by atoms with E-state index in [1.165, 1.54) is 11.3 Å². The molecule has 1 aliphatic rings. The van der Waals surface area contributed by atoms with Crippen LogP contribution in [0, 0.1) is 17.2 Å². The Morgan fingerprint density at radius 1 is 1.50 bits per heavy atom. The summed E-state index contributed by atoms with van der Waals surface area (Å²) in [6, 6.07) is 2.16. The van der Waals surface area contributed by atoms with Gasteiger partial charge in [0, 0.05) is 17.3 Å². The standard InChI is InChI=1S/C14H16N2O3S/c1-8-2-3-11-9(6-8)10(7-15)14(20-11)16-12(17)4-5-13(18)19/h8H,2-6H2,1H3,(H,16,17)(H,18,19)/p-1. The van der Waals surface area contributed by atoms with Gasteiger partial charge in [-0.3, -0.25) is 4.79 Å². The van der Waals surface area contributed by atoms with Crippen LogP contribution in [0.2, 0.25) is 0 Å². The van der Waals surface area contributed by atoms with Crippen molar-refractivity contribution in [2.75, 3.05) is 5.32 Å². The van der Waals surface area contributed by atoms with Crippen LogP contribution in [0.4, 0.5) is 5.00 Å². The van der Waals surface area contributed by atoms with Crippen LogP contribution in [0.1, 0.15) is 42.2 Å². The highest BCUT2D eigenvalue weighted by molar-refractivity contribution is 7.16. The summed E-state index contributed by atoms with van der Waals surface area (Å²) in [5, 5.41) is 22.8. The molecular weight excluding hydrogens is 276 g/mol. The Balaban J connectivity index is 2.15. The summed E-state index contributed by atoms with van der Waals surface area (Å²) in [4.78, 5) is 23.2. The number of carbonyl (C=O) groups excluding carboxylic acids is 2. The first-order chi connectivity index (χ1) is 9.51. The number of aryl methyl sites for hydroxylation is 1. The molecule has 0 spiro atoms. The molecule has 1 amide bonds. The smallest absolute Gasteiger partial charge is 0.225 e. The molecule has 1 aliphatic carbocycles. The fourth-order valence-corrected chi connectivity index (χ4v) is 3.58. The number of nitriles is 1. The van der Waals surface area contributed by atoms with E-state index >= 15 is 0 Å². The number of carboxylic acid groups (broad SMARTS) is 1. The van der Waals surface area contributed by atoms with Crippen LogP contribution in [0.25, 0.3) is 0 Å². The van der Waals surface area contributed by atoms with Gasteiger partial charge in [0.15, 0.2) is 0 Å². The SMILES string of the molecule is CC1CCc2sc(NC(=O)CCC(=O)[O-])c(C#N)c2C1. The zero-order valence-electron chi connectivity index (χ0n) is 11.2. The fraction of sp³-hybridized carbons (Fsp3) is 0.500. The van der Waals surface area contributed by atoms with E-state index in [4.69, 9.17) is 0 Å². The Labute approximate surface area is 121 Å². The van der Waals surface area contributed by atoms with Crippen molar-refractivity contribution >= 4 is 28.2 Å². The van der Waals surface area contributed by atoms with Gasteiger partial charge in [-0.25, -0.2) is 0 Å². The van der Waals surface area contributed by atoms with E-state index < -0.39 is 11.9 Å². The van der Waals surface area contributed by atoms with Gasteiger partial charge in [-0.1, -0.05) is 6.92 Å². The van der Waals surface area contributed by atoms with Gasteiger partial charge in [0.05, 0.1) is 5.56 Å². The Hall–Kier alpha value is -1.87. The second kappa shape index (κ2) is 6.06. The van der Waals surface area contributed by atoms with Gasteiger partial charge in [0.1, 0.15) is 11.1 Å². The average Bonchev–Trinajstić information content (AvgIpc) is 2.72. The van der Waals surface area contributed by atoms with Crippen LogP contribution >= 0.6 is 11.3 Å². The molecule has 1 atom stereocenters. The molecule has 0 aliphatic heterocycles. The lowest BCUT2D eigenvalue weighted by molar-refractivity contribution is -0.305. The minimum atomic E-state index is -1.25. The first kappa shape index (κ1) is 14.5. The van der Waals surface area contributed by atoms with E-state index in [0.29, 0.717) is 16.5 Å². The zero-order chi connectivity index (χ0) is 14.7. The number of hydrogen-bond donors (Lipinski definition) is 1. The van der Waals surface area contributed by atoms with Crippen molar-refractivity contribution in [1.29, 1.82) is 5.26 Å². The van der Waals surface area contributed by atoms with E-state index in [-0.39, 0.29) is 12.8 Å². The maximum Gasteiger partial charge on any atom is 0.225 e. The highest BCUT2D eigenvalue weighted by atomic mass is 32.1. The summed E-state index contributed by atoms with van der Waals surface area (Å²) in [5.74, 6) is -1.09. The topological polar surface area (TPSA) is 93.0 Å². The number of hydrogen-bond acceptors (Lipinski definition) is 5. The molecule has 0 bridgehead atoms. The van der Waals surface area contributed by atoms with Gasteiger partial charge in [0.25, 0.3) is 0 Å². The van der Waals surface area contributed by atoms with Crippen molar-refractivity contribution in [2.45, 2.75) is 39.0 Å². The molecule has 0 fully saturated rings. The van der Waals surface area contributed by atoms with Crippen LogP contribution < -0.4 is 10.4 Å². The molecule has 6 heteroatoms. The van der Waals surface area contributed by atoms with Crippen molar-refractivity contribution < 1.29 is 14.7 Å². The third-order valence-electron chi connectivity index (χ3n) is 3.43. The van der Waals surface area contributed by atoms with Crippen molar-refractivity contribution in [3.63, 3.8) is 0 Å². The van der Waals surface area contributed by atoms with Crippen LogP contribution in [-0.4, -0.2) is 11.9 Å². The molecule has 1 N–H and O–H groups in total. The summed E-state index contributed by atoms with van der Waals surface area (Å²) in [7, 11) is 0. The summed E-state index contributed by atoms with van der Waals surface area (Å²) in [6.45, 7) is 2.15. The third kappa shape index (κ3) is 3.17. The largest absolute Gasteiger partial charge is 0.550 e. The van der Waals surface area contributed by atoms with Crippen LogP contribution in [-0.2, 0) is 22.4 Å². The Kier molecular flexibility index (Phi) is 4.40. The predicted octanol–water partition coefficient (Wildman–Crippen LogP) is 1.21. The van der Waals surface area contributed by atoms with E-state index in [2.05, 4.69) is 18.3 Å².